The number of nitrogens with one attached hydrogen (secondary N) is 3. The predicted octanol–water partition coefficient (Wildman–Crippen LogP) is 3.11. The minimum Gasteiger partial charge on any atom is -0.383 e. The molecule has 1 fully saturated rings. The molecule has 0 bridgehead atoms. The van der Waals surface area contributed by atoms with E-state index in [1.165, 1.54) is 32.8 Å². The Kier molecular flexibility index (Phi) is 11.6. The standard InChI is InChI=1S/C21H36N4O3S.HI/c1-17(2)14-21(9-6-10-21)16-24-20(22-3)23-15-18-7-5-8-19(13-18)29(26,27)25-11-12-28-4;/h5,7-8,13,17,25H,6,9-12,14-16H2,1-4H3,(H2,22,23,24);1H. The molecule has 1 saturated carbocycles. The van der Waals surface area contributed by atoms with Crippen LogP contribution in [0.3, 0.4) is 0 Å². The number of methoxy groups -OCH3 is 1. The van der Waals surface area contributed by atoms with Crippen molar-refractivity contribution < 1.29 is 13.2 Å². The van der Waals surface area contributed by atoms with E-state index in [-0.39, 0.29) is 35.4 Å². The van der Waals surface area contributed by atoms with Gasteiger partial charge in [0.2, 0.25) is 10.0 Å². The molecule has 0 radical (unpaired) electrons. The van der Waals surface area contributed by atoms with Gasteiger partial charge >= 0.3 is 0 Å². The van der Waals surface area contributed by atoms with E-state index in [0.717, 1.165) is 18.1 Å². The van der Waals surface area contributed by atoms with E-state index in [1.54, 1.807) is 25.2 Å². The molecule has 1 aliphatic carbocycles. The smallest absolute Gasteiger partial charge is 0.240 e. The van der Waals surface area contributed by atoms with E-state index in [2.05, 4.69) is 34.2 Å². The lowest BCUT2D eigenvalue weighted by atomic mass is 9.64. The van der Waals surface area contributed by atoms with Crippen LogP contribution >= 0.6 is 24.0 Å². The van der Waals surface area contributed by atoms with Crippen LogP contribution < -0.4 is 15.4 Å². The number of halogens is 1. The Morgan fingerprint density at radius 3 is 2.57 bits per heavy atom. The maximum Gasteiger partial charge on any atom is 0.240 e. The van der Waals surface area contributed by atoms with Crippen molar-refractivity contribution in [3.63, 3.8) is 0 Å². The minimum absolute atomic E-state index is 0. The number of ether oxygens (including phenoxy) is 1. The Bertz CT molecular complexity index is 780. The van der Waals surface area contributed by atoms with Crippen molar-refractivity contribution in [3.8, 4) is 0 Å². The second-order valence-electron chi connectivity index (χ2n) is 8.27. The first-order valence-corrected chi connectivity index (χ1v) is 11.8. The van der Waals surface area contributed by atoms with Gasteiger partial charge in [0.25, 0.3) is 0 Å². The molecule has 0 unspecified atom stereocenters. The average Bonchev–Trinajstić information content (AvgIpc) is 2.66. The Morgan fingerprint density at radius 2 is 2.00 bits per heavy atom. The first kappa shape index (κ1) is 27.1. The largest absolute Gasteiger partial charge is 0.383 e. The van der Waals surface area contributed by atoms with E-state index in [0.29, 0.717) is 24.5 Å². The van der Waals surface area contributed by atoms with E-state index in [4.69, 9.17) is 4.74 Å². The lowest BCUT2D eigenvalue weighted by Crippen LogP contribution is -2.46. The second-order valence-corrected chi connectivity index (χ2v) is 10.0. The van der Waals surface area contributed by atoms with E-state index in [9.17, 15) is 8.42 Å². The van der Waals surface area contributed by atoms with Crippen LogP contribution in [0.25, 0.3) is 0 Å². The number of guanidine groups is 1. The molecule has 0 aromatic heterocycles. The first-order chi connectivity index (χ1) is 13.8. The molecule has 0 amide bonds. The lowest BCUT2D eigenvalue weighted by Gasteiger charge is -2.43. The molecule has 0 saturated heterocycles. The summed E-state index contributed by atoms with van der Waals surface area (Å²) < 4.78 is 32.2. The Hall–Kier alpha value is -0.910. The molecular weight excluding hydrogens is 515 g/mol. The molecular formula is C21H37IN4O3S. The number of benzene rings is 1. The van der Waals surface area contributed by atoms with Gasteiger partial charge in [-0.25, -0.2) is 13.1 Å². The molecule has 172 valence electrons. The van der Waals surface area contributed by atoms with Crippen molar-refractivity contribution in [2.24, 2.45) is 16.3 Å². The highest BCUT2D eigenvalue weighted by molar-refractivity contribution is 14.0. The SMILES string of the molecule is CN=C(NCc1cccc(S(=O)(=O)NCCOC)c1)NCC1(CC(C)C)CCC1.I. The highest BCUT2D eigenvalue weighted by Gasteiger charge is 2.37. The molecule has 1 aromatic carbocycles. The van der Waals surface area contributed by atoms with Crippen molar-refractivity contribution in [1.82, 2.24) is 15.4 Å². The van der Waals surface area contributed by atoms with E-state index < -0.39 is 10.0 Å². The van der Waals surface area contributed by atoms with Gasteiger partial charge in [-0.3, -0.25) is 4.99 Å². The number of aliphatic imine (C=N–C) groups is 1. The van der Waals surface area contributed by atoms with Crippen molar-refractivity contribution in [1.29, 1.82) is 0 Å². The van der Waals surface area contributed by atoms with Gasteiger partial charge in [0, 0.05) is 33.8 Å². The zero-order valence-electron chi connectivity index (χ0n) is 18.5. The number of hydrogen-bond acceptors (Lipinski definition) is 4. The third-order valence-corrected chi connectivity index (χ3v) is 6.84. The number of rotatable bonds is 11. The fourth-order valence-corrected chi connectivity index (χ4v) is 4.94. The number of sulfonamides is 1. The Labute approximate surface area is 198 Å². The maximum atomic E-state index is 12.4. The predicted molar refractivity (Wildman–Crippen MR) is 133 cm³/mol. The topological polar surface area (TPSA) is 91.8 Å². The highest BCUT2D eigenvalue weighted by atomic mass is 127. The summed E-state index contributed by atoms with van der Waals surface area (Å²) in [7, 11) is -0.245. The molecule has 0 atom stereocenters. The van der Waals surface area contributed by atoms with Crippen LogP contribution in [-0.2, 0) is 21.3 Å². The summed E-state index contributed by atoms with van der Waals surface area (Å²) in [6.45, 7) is 6.55. The Balaban J connectivity index is 0.00000450. The molecule has 0 spiro atoms. The van der Waals surface area contributed by atoms with Crippen molar-refractivity contribution in [3.05, 3.63) is 29.8 Å². The van der Waals surface area contributed by atoms with Crippen LogP contribution in [0.15, 0.2) is 34.2 Å². The summed E-state index contributed by atoms with van der Waals surface area (Å²) >= 11 is 0. The van der Waals surface area contributed by atoms with Gasteiger partial charge in [-0.2, -0.15) is 0 Å². The molecule has 1 aromatic rings. The van der Waals surface area contributed by atoms with Gasteiger partial charge in [0.15, 0.2) is 5.96 Å². The fraction of sp³-hybridized carbons (Fsp3) is 0.667. The van der Waals surface area contributed by atoms with Crippen LogP contribution in [0.1, 0.15) is 45.1 Å². The summed E-state index contributed by atoms with van der Waals surface area (Å²) in [5.74, 6) is 1.43. The second kappa shape index (κ2) is 12.8. The molecule has 30 heavy (non-hydrogen) atoms. The third-order valence-electron chi connectivity index (χ3n) is 5.38. The van der Waals surface area contributed by atoms with Crippen LogP contribution in [0, 0.1) is 11.3 Å². The van der Waals surface area contributed by atoms with Gasteiger partial charge in [-0.15, -0.1) is 24.0 Å². The Morgan fingerprint density at radius 1 is 1.27 bits per heavy atom. The summed E-state index contributed by atoms with van der Waals surface area (Å²) in [6, 6.07) is 6.93. The number of hydrogen-bond donors (Lipinski definition) is 3. The molecule has 0 aliphatic heterocycles. The van der Waals surface area contributed by atoms with Gasteiger partial charge in [0.1, 0.15) is 0 Å². The zero-order chi connectivity index (χ0) is 21.3. The summed E-state index contributed by atoms with van der Waals surface area (Å²) in [5.41, 5.74) is 1.26. The summed E-state index contributed by atoms with van der Waals surface area (Å²) in [6.07, 6.45) is 5.07. The lowest BCUT2D eigenvalue weighted by molar-refractivity contribution is 0.104. The van der Waals surface area contributed by atoms with Crippen LogP contribution in [0.4, 0.5) is 0 Å². The van der Waals surface area contributed by atoms with E-state index >= 15 is 0 Å². The van der Waals surface area contributed by atoms with Gasteiger partial charge < -0.3 is 15.4 Å². The molecule has 7 nitrogen and oxygen atoms in total. The van der Waals surface area contributed by atoms with Crippen LogP contribution in [-0.4, -0.2) is 48.2 Å². The molecule has 9 heteroatoms. The molecule has 1 aliphatic rings. The van der Waals surface area contributed by atoms with Crippen LogP contribution in [0.2, 0.25) is 0 Å². The van der Waals surface area contributed by atoms with Gasteiger partial charge in [-0.05, 0) is 48.3 Å². The van der Waals surface area contributed by atoms with Crippen LogP contribution in [0.5, 0.6) is 0 Å². The van der Waals surface area contributed by atoms with Gasteiger partial charge in [-0.1, -0.05) is 32.4 Å². The average molecular weight is 553 g/mol. The molecule has 0 heterocycles. The molecule has 2 rings (SSSR count). The van der Waals surface area contributed by atoms with Crippen molar-refractivity contribution in [2.45, 2.75) is 51.0 Å². The van der Waals surface area contributed by atoms with Crippen molar-refractivity contribution >= 4 is 40.0 Å². The third kappa shape index (κ3) is 8.32. The fourth-order valence-electron chi connectivity index (χ4n) is 3.86. The maximum absolute atomic E-state index is 12.4. The highest BCUT2D eigenvalue weighted by Crippen LogP contribution is 2.45. The number of nitrogens with zero attached hydrogens (tertiary/aromatic N) is 1. The first-order valence-electron chi connectivity index (χ1n) is 10.3. The monoisotopic (exact) mass is 552 g/mol. The zero-order valence-corrected chi connectivity index (χ0v) is 21.7. The molecule has 3 N–H and O–H groups in total. The minimum atomic E-state index is -3.54. The quantitative estimate of drug-likeness (QED) is 0.170. The van der Waals surface area contributed by atoms with E-state index in [1.807, 2.05) is 6.07 Å². The normalized spacial score (nSPS) is 16.0. The van der Waals surface area contributed by atoms with Gasteiger partial charge in [0.05, 0.1) is 11.5 Å². The summed E-state index contributed by atoms with van der Waals surface area (Å²) in [5, 5.41) is 6.76. The van der Waals surface area contributed by atoms with Crippen molar-refractivity contribution in [2.75, 3.05) is 33.9 Å². The summed E-state index contributed by atoms with van der Waals surface area (Å²) in [4.78, 5) is 4.57.